The molecule has 92 valence electrons. The summed E-state index contributed by atoms with van der Waals surface area (Å²) in [6, 6.07) is 7.92. The SMILES string of the molecule is Cn1ncc(N)c1-c1cc2c(Cl)cccc2n1C. The van der Waals surface area contributed by atoms with E-state index in [9.17, 15) is 0 Å². The number of anilines is 1. The zero-order valence-electron chi connectivity index (χ0n) is 10.2. The minimum absolute atomic E-state index is 0.666. The Balaban J connectivity index is 2.38. The third-order valence-corrected chi connectivity index (χ3v) is 3.57. The molecule has 5 heteroatoms. The predicted molar refractivity (Wildman–Crippen MR) is 74.5 cm³/mol. The fraction of sp³-hybridized carbons (Fsp3) is 0.154. The first-order chi connectivity index (χ1) is 8.59. The van der Waals surface area contributed by atoms with E-state index in [-0.39, 0.29) is 0 Å². The quantitative estimate of drug-likeness (QED) is 0.731. The Morgan fingerprint density at radius 3 is 2.67 bits per heavy atom. The van der Waals surface area contributed by atoms with E-state index in [0.29, 0.717) is 5.69 Å². The Morgan fingerprint density at radius 1 is 1.28 bits per heavy atom. The maximum absolute atomic E-state index is 6.22. The number of nitrogens with two attached hydrogens (primary N) is 1. The normalized spacial score (nSPS) is 11.3. The molecule has 0 radical (unpaired) electrons. The van der Waals surface area contributed by atoms with Crippen molar-refractivity contribution in [2.75, 3.05) is 5.73 Å². The first-order valence-electron chi connectivity index (χ1n) is 5.61. The van der Waals surface area contributed by atoms with E-state index in [1.165, 1.54) is 0 Å². The van der Waals surface area contributed by atoms with E-state index in [1.807, 2.05) is 38.4 Å². The Labute approximate surface area is 110 Å². The van der Waals surface area contributed by atoms with Gasteiger partial charge in [-0.25, -0.2) is 0 Å². The van der Waals surface area contributed by atoms with Gasteiger partial charge in [0, 0.05) is 30.0 Å². The molecule has 0 unspecified atom stereocenters. The number of fused-ring (bicyclic) bond motifs is 1. The standard InChI is InChI=1S/C13H13ClN4/c1-17-11-5-3-4-9(14)8(11)6-12(17)13-10(15)7-16-18(13)2/h3-7H,15H2,1-2H3. The summed E-state index contributed by atoms with van der Waals surface area (Å²) in [5, 5.41) is 5.94. The molecule has 3 aromatic rings. The molecular weight excluding hydrogens is 248 g/mol. The summed E-state index contributed by atoms with van der Waals surface area (Å²) in [7, 11) is 3.88. The van der Waals surface area contributed by atoms with Crippen molar-refractivity contribution in [3.63, 3.8) is 0 Å². The first kappa shape index (κ1) is 11.2. The van der Waals surface area contributed by atoms with Crippen molar-refractivity contribution in [3.8, 4) is 11.4 Å². The lowest BCUT2D eigenvalue weighted by molar-refractivity contribution is 0.768. The Morgan fingerprint density at radius 2 is 2.06 bits per heavy atom. The molecule has 0 atom stereocenters. The fourth-order valence-electron chi connectivity index (χ4n) is 2.32. The highest BCUT2D eigenvalue weighted by Gasteiger charge is 2.15. The van der Waals surface area contributed by atoms with E-state index in [2.05, 4.69) is 9.67 Å². The fourth-order valence-corrected chi connectivity index (χ4v) is 2.54. The van der Waals surface area contributed by atoms with Crippen LogP contribution in [-0.2, 0) is 14.1 Å². The summed E-state index contributed by atoms with van der Waals surface area (Å²) in [6.45, 7) is 0. The van der Waals surface area contributed by atoms with E-state index in [1.54, 1.807) is 10.9 Å². The molecule has 0 aliphatic carbocycles. The number of aromatic nitrogens is 3. The molecule has 2 N–H and O–H groups in total. The van der Waals surface area contributed by atoms with Crippen LogP contribution in [0.2, 0.25) is 5.02 Å². The number of hydrogen-bond donors (Lipinski definition) is 1. The van der Waals surface area contributed by atoms with Crippen molar-refractivity contribution in [1.29, 1.82) is 0 Å². The lowest BCUT2D eigenvalue weighted by Crippen LogP contribution is -2.00. The third kappa shape index (κ3) is 1.42. The van der Waals surface area contributed by atoms with Gasteiger partial charge in [0.15, 0.2) is 0 Å². The largest absolute Gasteiger partial charge is 0.396 e. The molecule has 1 aromatic carbocycles. The number of nitrogen functional groups attached to an aromatic ring is 1. The van der Waals surface area contributed by atoms with Crippen molar-refractivity contribution < 1.29 is 0 Å². The third-order valence-electron chi connectivity index (χ3n) is 3.24. The molecule has 0 amide bonds. The molecule has 3 rings (SSSR count). The topological polar surface area (TPSA) is 48.8 Å². The Hall–Kier alpha value is -1.94. The van der Waals surface area contributed by atoms with Gasteiger partial charge in [0.1, 0.15) is 5.69 Å². The maximum Gasteiger partial charge on any atom is 0.107 e. The van der Waals surface area contributed by atoms with Gasteiger partial charge in [0.25, 0.3) is 0 Å². The zero-order valence-corrected chi connectivity index (χ0v) is 10.9. The van der Waals surface area contributed by atoms with Crippen molar-refractivity contribution in [2.24, 2.45) is 14.1 Å². The number of rotatable bonds is 1. The van der Waals surface area contributed by atoms with Gasteiger partial charge in [0.05, 0.1) is 17.6 Å². The van der Waals surface area contributed by atoms with E-state index in [0.717, 1.165) is 27.3 Å². The zero-order chi connectivity index (χ0) is 12.9. The second-order valence-electron chi connectivity index (χ2n) is 4.33. The highest BCUT2D eigenvalue weighted by Crippen LogP contribution is 2.33. The van der Waals surface area contributed by atoms with Crippen LogP contribution in [0.5, 0.6) is 0 Å². The molecule has 0 saturated carbocycles. The van der Waals surface area contributed by atoms with Crippen LogP contribution in [0.15, 0.2) is 30.5 Å². The van der Waals surface area contributed by atoms with Gasteiger partial charge in [-0.1, -0.05) is 17.7 Å². The summed E-state index contributed by atoms with van der Waals surface area (Å²) < 4.78 is 3.85. The lowest BCUT2D eigenvalue weighted by Gasteiger charge is -2.05. The minimum Gasteiger partial charge on any atom is -0.396 e. The molecule has 0 saturated heterocycles. The summed E-state index contributed by atoms with van der Waals surface area (Å²) in [5.41, 5.74) is 9.64. The molecule has 18 heavy (non-hydrogen) atoms. The van der Waals surface area contributed by atoms with E-state index in [4.69, 9.17) is 17.3 Å². The molecule has 0 aliphatic heterocycles. The highest BCUT2D eigenvalue weighted by atomic mass is 35.5. The average molecular weight is 261 g/mol. The van der Waals surface area contributed by atoms with Gasteiger partial charge in [-0.3, -0.25) is 4.68 Å². The number of aryl methyl sites for hydroxylation is 2. The van der Waals surface area contributed by atoms with Crippen LogP contribution in [0, 0.1) is 0 Å². The van der Waals surface area contributed by atoms with Gasteiger partial charge >= 0.3 is 0 Å². The lowest BCUT2D eigenvalue weighted by atomic mass is 10.2. The molecule has 2 heterocycles. The van der Waals surface area contributed by atoms with Crippen LogP contribution >= 0.6 is 11.6 Å². The number of benzene rings is 1. The van der Waals surface area contributed by atoms with Crippen molar-refractivity contribution in [3.05, 3.63) is 35.5 Å². The van der Waals surface area contributed by atoms with Crippen LogP contribution in [0.4, 0.5) is 5.69 Å². The molecule has 2 aromatic heterocycles. The van der Waals surface area contributed by atoms with Gasteiger partial charge in [-0.2, -0.15) is 5.10 Å². The van der Waals surface area contributed by atoms with Crippen LogP contribution in [0.25, 0.3) is 22.3 Å². The summed E-state index contributed by atoms with van der Waals surface area (Å²) in [6.07, 6.45) is 1.66. The molecular formula is C13H13ClN4. The van der Waals surface area contributed by atoms with Crippen molar-refractivity contribution in [1.82, 2.24) is 14.3 Å². The van der Waals surface area contributed by atoms with Gasteiger partial charge in [0.2, 0.25) is 0 Å². The first-order valence-corrected chi connectivity index (χ1v) is 5.99. The smallest absolute Gasteiger partial charge is 0.107 e. The summed E-state index contributed by atoms with van der Waals surface area (Å²) in [5.74, 6) is 0. The van der Waals surface area contributed by atoms with Crippen LogP contribution in [0.3, 0.4) is 0 Å². The maximum atomic E-state index is 6.22. The minimum atomic E-state index is 0.666. The Bertz CT molecular complexity index is 719. The van der Waals surface area contributed by atoms with Gasteiger partial charge < -0.3 is 10.3 Å². The summed E-state index contributed by atoms with van der Waals surface area (Å²) in [4.78, 5) is 0. The average Bonchev–Trinajstić information content (AvgIpc) is 2.83. The van der Waals surface area contributed by atoms with Crippen molar-refractivity contribution in [2.45, 2.75) is 0 Å². The predicted octanol–water partition coefficient (Wildman–Crippen LogP) is 2.81. The summed E-state index contributed by atoms with van der Waals surface area (Å²) >= 11 is 6.22. The second kappa shape index (κ2) is 3.78. The molecule has 0 fully saturated rings. The Kier molecular flexibility index (Phi) is 2.35. The monoisotopic (exact) mass is 260 g/mol. The van der Waals surface area contributed by atoms with E-state index < -0.39 is 0 Å². The number of halogens is 1. The molecule has 0 bridgehead atoms. The molecule has 0 aliphatic rings. The van der Waals surface area contributed by atoms with Crippen LogP contribution in [0.1, 0.15) is 0 Å². The second-order valence-corrected chi connectivity index (χ2v) is 4.74. The number of nitrogens with zero attached hydrogens (tertiary/aromatic N) is 3. The van der Waals surface area contributed by atoms with Crippen LogP contribution < -0.4 is 5.73 Å². The van der Waals surface area contributed by atoms with Crippen molar-refractivity contribution >= 4 is 28.2 Å². The van der Waals surface area contributed by atoms with E-state index >= 15 is 0 Å². The number of hydrogen-bond acceptors (Lipinski definition) is 2. The molecule has 0 spiro atoms. The highest BCUT2D eigenvalue weighted by molar-refractivity contribution is 6.35. The molecule has 4 nitrogen and oxygen atoms in total. The van der Waals surface area contributed by atoms with Gasteiger partial charge in [-0.15, -0.1) is 0 Å². The van der Waals surface area contributed by atoms with Crippen LogP contribution in [-0.4, -0.2) is 14.3 Å². The van der Waals surface area contributed by atoms with Gasteiger partial charge in [-0.05, 0) is 18.2 Å².